The van der Waals surface area contributed by atoms with Crippen LogP contribution in [0.25, 0.3) is 0 Å². The van der Waals surface area contributed by atoms with E-state index in [0.29, 0.717) is 17.5 Å². The van der Waals surface area contributed by atoms with E-state index in [1.807, 2.05) is 63.4 Å². The van der Waals surface area contributed by atoms with Gasteiger partial charge in [0.25, 0.3) is 11.8 Å². The Hall–Kier alpha value is -3.82. The summed E-state index contributed by atoms with van der Waals surface area (Å²) in [6.45, 7) is 5.76. The zero-order valence-electron chi connectivity index (χ0n) is 19.0. The van der Waals surface area contributed by atoms with Crippen LogP contribution in [0, 0.1) is 0 Å². The minimum atomic E-state index is -0.558. The van der Waals surface area contributed by atoms with Crippen molar-refractivity contribution in [2.24, 2.45) is 20.8 Å². The molecule has 0 aromatic heterocycles. The second kappa shape index (κ2) is 7.36. The van der Waals surface area contributed by atoms with E-state index in [9.17, 15) is 4.79 Å². The minimum absolute atomic E-state index is 0.0165. The molecule has 3 aliphatic heterocycles. The van der Waals surface area contributed by atoms with Crippen molar-refractivity contribution in [1.29, 1.82) is 0 Å². The maximum atomic E-state index is 12.3. The maximum absolute atomic E-state index is 12.3. The van der Waals surface area contributed by atoms with Crippen LogP contribution in [-0.4, -0.2) is 31.0 Å². The van der Waals surface area contributed by atoms with Crippen molar-refractivity contribution in [3.05, 3.63) is 59.9 Å². The lowest BCUT2D eigenvalue weighted by Gasteiger charge is -2.26. The summed E-state index contributed by atoms with van der Waals surface area (Å²) in [5.41, 5.74) is 9.85. The van der Waals surface area contributed by atoms with E-state index in [2.05, 4.69) is 15.6 Å². The number of anilines is 2. The number of hydrogen-bond acceptors (Lipinski definition) is 7. The topological polar surface area (TPSA) is 113 Å². The monoisotopic (exact) mass is 444 g/mol. The predicted octanol–water partition coefficient (Wildman–Crippen LogP) is 3.60. The van der Waals surface area contributed by atoms with Crippen LogP contribution < -0.4 is 25.7 Å². The number of amides is 1. The van der Waals surface area contributed by atoms with Crippen molar-refractivity contribution >= 4 is 41.0 Å². The molecule has 4 N–H and O–H groups in total. The van der Waals surface area contributed by atoms with Gasteiger partial charge in [-0.1, -0.05) is 16.7 Å². The average molecular weight is 445 g/mol. The summed E-state index contributed by atoms with van der Waals surface area (Å²) < 4.78 is 5.63. The number of amidine groups is 1. The number of nitrogens with one attached hydrogen (secondary N) is 2. The Labute approximate surface area is 192 Å². The highest BCUT2D eigenvalue weighted by Gasteiger charge is 2.45. The van der Waals surface area contributed by atoms with Gasteiger partial charge in [-0.15, -0.1) is 0 Å². The summed E-state index contributed by atoms with van der Waals surface area (Å²) in [4.78, 5) is 21.2. The van der Waals surface area contributed by atoms with Gasteiger partial charge >= 0.3 is 0 Å². The van der Waals surface area contributed by atoms with Crippen molar-refractivity contribution in [2.75, 3.05) is 17.7 Å². The molecular weight excluding hydrogens is 418 g/mol. The van der Waals surface area contributed by atoms with Crippen molar-refractivity contribution in [1.82, 2.24) is 4.59 Å². The Morgan fingerprint density at radius 2 is 2.03 bits per heavy atom. The van der Waals surface area contributed by atoms with Gasteiger partial charge in [-0.2, -0.15) is 4.99 Å². The first kappa shape index (κ1) is 21.0. The van der Waals surface area contributed by atoms with Crippen LogP contribution in [0.15, 0.2) is 63.9 Å². The smallest absolute Gasteiger partial charge is 0.287 e. The molecule has 2 atom stereocenters. The molecule has 5 rings (SSSR count). The molecule has 0 radical (unpaired) electrons. The lowest BCUT2D eigenvalue weighted by atomic mass is 9.86. The Kier molecular flexibility index (Phi) is 4.70. The van der Waals surface area contributed by atoms with Crippen LogP contribution in [0.4, 0.5) is 17.1 Å². The standard InChI is InChI=1S/C24H25N7O2/c1-14(25)15-5-8-20(33-4)19(11-15)31-10-9-26-13-21(31)29-23(30-31)27-16-6-7-17-18(12-16)28-22(32)24(17,2)3/h5-14H,25H2,1-4H3,(H-,27,28,30,32)/p+1/t14-,31?/m0/s1. The lowest BCUT2D eigenvalue weighted by molar-refractivity contribution is -0.119. The summed E-state index contributed by atoms with van der Waals surface area (Å²) in [5.74, 6) is 1.69. The first-order valence-electron chi connectivity index (χ1n) is 10.7. The predicted molar refractivity (Wildman–Crippen MR) is 132 cm³/mol. The molecule has 0 spiro atoms. The number of guanidine groups is 1. The van der Waals surface area contributed by atoms with E-state index >= 15 is 0 Å². The number of carbonyl (C=O) groups excluding carboxylic acids is 1. The summed E-state index contributed by atoms with van der Waals surface area (Å²) in [6.07, 6.45) is 5.22. The minimum Gasteiger partial charge on any atom is -0.491 e. The van der Waals surface area contributed by atoms with Gasteiger partial charge in [-0.3, -0.25) is 9.79 Å². The van der Waals surface area contributed by atoms with Gasteiger partial charge in [0, 0.05) is 23.5 Å². The van der Waals surface area contributed by atoms with Gasteiger partial charge in [0.1, 0.15) is 6.21 Å². The number of ether oxygens (including phenoxy) is 1. The first-order chi connectivity index (χ1) is 15.7. The lowest BCUT2D eigenvalue weighted by Crippen LogP contribution is -2.44. The van der Waals surface area contributed by atoms with Crippen LogP contribution in [0.2, 0.25) is 0 Å². The van der Waals surface area contributed by atoms with Gasteiger partial charge < -0.3 is 21.1 Å². The van der Waals surface area contributed by atoms with E-state index in [1.54, 1.807) is 19.5 Å². The quantitative estimate of drug-likeness (QED) is 0.625. The summed E-state index contributed by atoms with van der Waals surface area (Å²) >= 11 is 0. The largest absolute Gasteiger partial charge is 0.491 e. The summed E-state index contributed by atoms with van der Waals surface area (Å²) in [7, 11) is 1.63. The Bertz CT molecular complexity index is 1290. The van der Waals surface area contributed by atoms with Crippen LogP contribution in [0.5, 0.6) is 5.75 Å². The number of hydrogen-bond donors (Lipinski definition) is 3. The third-order valence-electron chi connectivity index (χ3n) is 6.24. The van der Waals surface area contributed by atoms with Crippen LogP contribution >= 0.6 is 0 Å². The number of aliphatic imine (C=N–C) groups is 2. The number of carbonyl (C=O) groups is 1. The van der Waals surface area contributed by atoms with Crippen LogP contribution in [0.3, 0.4) is 0 Å². The molecule has 0 saturated carbocycles. The van der Waals surface area contributed by atoms with E-state index < -0.39 is 5.41 Å². The van der Waals surface area contributed by atoms with E-state index in [1.165, 1.54) is 0 Å². The number of nitrogens with two attached hydrogens (primary N) is 1. The third kappa shape index (κ3) is 3.24. The van der Waals surface area contributed by atoms with Gasteiger partial charge in [0.2, 0.25) is 11.6 Å². The molecule has 9 nitrogen and oxygen atoms in total. The molecule has 3 heterocycles. The molecule has 0 bridgehead atoms. The highest BCUT2D eigenvalue weighted by atomic mass is 16.5. The fraction of sp³-hybridized carbons (Fsp3) is 0.250. The fourth-order valence-electron chi connectivity index (χ4n) is 4.25. The maximum Gasteiger partial charge on any atom is 0.287 e. The van der Waals surface area contributed by atoms with Crippen LogP contribution in [0.1, 0.15) is 37.9 Å². The number of rotatable bonds is 4. The van der Waals surface area contributed by atoms with E-state index in [0.717, 1.165) is 28.2 Å². The third-order valence-corrected chi connectivity index (χ3v) is 6.24. The average Bonchev–Trinajstić information content (AvgIpc) is 3.27. The molecule has 3 aliphatic rings. The number of methoxy groups -OCH3 is 1. The number of benzene rings is 2. The van der Waals surface area contributed by atoms with Gasteiger partial charge in [-0.05, 0) is 55.2 Å². The van der Waals surface area contributed by atoms with Crippen LogP contribution in [-0.2, 0) is 10.2 Å². The molecule has 33 heavy (non-hydrogen) atoms. The number of quaternary nitrogens is 1. The second-order valence-electron chi connectivity index (χ2n) is 8.84. The second-order valence-corrected chi connectivity index (χ2v) is 8.84. The van der Waals surface area contributed by atoms with E-state index in [-0.39, 0.29) is 16.5 Å². The first-order valence-corrected chi connectivity index (χ1v) is 10.7. The molecule has 2 aromatic rings. The molecule has 0 aliphatic carbocycles. The van der Waals surface area contributed by atoms with Crippen molar-refractivity contribution in [3.63, 3.8) is 0 Å². The van der Waals surface area contributed by atoms with Gasteiger partial charge in [-0.25, -0.2) is 0 Å². The zero-order chi connectivity index (χ0) is 23.4. The number of fused-ring (bicyclic) bond motifs is 2. The molecule has 2 aromatic carbocycles. The molecule has 9 heteroatoms. The normalized spacial score (nSPS) is 22.8. The van der Waals surface area contributed by atoms with Gasteiger partial charge in [0.15, 0.2) is 11.9 Å². The summed E-state index contributed by atoms with van der Waals surface area (Å²) in [6, 6.07) is 11.5. The molecule has 0 saturated heterocycles. The van der Waals surface area contributed by atoms with E-state index in [4.69, 9.17) is 20.6 Å². The van der Waals surface area contributed by atoms with Crippen molar-refractivity contribution in [2.45, 2.75) is 32.2 Å². The van der Waals surface area contributed by atoms with Crippen molar-refractivity contribution in [3.8, 4) is 5.75 Å². The summed E-state index contributed by atoms with van der Waals surface area (Å²) in [5, 5.41) is 11.1. The molecular formula is C24H26N7O2+. The number of nitrogens with zero attached hydrogens (tertiary/aromatic N) is 4. The molecule has 168 valence electrons. The molecule has 1 unspecified atom stereocenters. The van der Waals surface area contributed by atoms with Gasteiger partial charge in [0.05, 0.1) is 18.7 Å². The van der Waals surface area contributed by atoms with Crippen molar-refractivity contribution < 1.29 is 9.53 Å². The Morgan fingerprint density at radius 3 is 2.79 bits per heavy atom. The highest BCUT2D eigenvalue weighted by Crippen LogP contribution is 2.41. The Morgan fingerprint density at radius 1 is 1.21 bits per heavy atom. The fourth-order valence-corrected chi connectivity index (χ4v) is 4.25. The Balaban J connectivity index is 1.55. The molecule has 1 amide bonds. The molecule has 0 fully saturated rings. The SMILES string of the molecule is COc1ccc([C@H](C)N)cc1[N+]12C=CN=CC1=NC(Nc1ccc3c(c1)NC(=O)C3(C)C)=N2. The zero-order valence-corrected chi connectivity index (χ0v) is 19.0. The highest BCUT2D eigenvalue weighted by molar-refractivity contribution is 6.38.